The lowest BCUT2D eigenvalue weighted by atomic mass is 10.1. The Labute approximate surface area is 81.5 Å². The Bertz CT molecular complexity index is 323. The van der Waals surface area contributed by atoms with E-state index in [0.717, 1.165) is 5.56 Å². The maximum atomic E-state index is 13.1. The van der Waals surface area contributed by atoms with Crippen LogP contribution in [0.25, 0.3) is 0 Å². The summed E-state index contributed by atoms with van der Waals surface area (Å²) < 4.78 is 13.1. The van der Waals surface area contributed by atoms with Crippen molar-refractivity contribution in [1.29, 1.82) is 0 Å². The summed E-state index contributed by atoms with van der Waals surface area (Å²) in [5, 5.41) is -0.430. The van der Waals surface area contributed by atoms with Crippen molar-refractivity contribution in [3.8, 4) is 0 Å². The average molecular weight is 201 g/mol. The van der Waals surface area contributed by atoms with Gasteiger partial charge < -0.3 is 0 Å². The number of hydrogen-bond acceptors (Lipinski definition) is 1. The Morgan fingerprint density at radius 2 is 2.23 bits per heavy atom. The highest BCUT2D eigenvalue weighted by molar-refractivity contribution is 6.63. The monoisotopic (exact) mass is 200 g/mol. The van der Waals surface area contributed by atoms with Gasteiger partial charge in [-0.05, 0) is 36.6 Å². The molecule has 0 aliphatic heterocycles. The Balaban J connectivity index is 2.75. The number of carbonyl (C=O) groups excluding carboxylic acids is 1. The van der Waals surface area contributed by atoms with Gasteiger partial charge in [0.1, 0.15) is 5.82 Å². The smallest absolute Gasteiger partial charge is 0.221 e. The Hall–Kier alpha value is -0.890. The van der Waals surface area contributed by atoms with Crippen LogP contribution < -0.4 is 0 Å². The fourth-order valence-corrected chi connectivity index (χ4v) is 1.22. The van der Waals surface area contributed by atoms with E-state index in [-0.39, 0.29) is 12.2 Å². The lowest BCUT2D eigenvalue weighted by molar-refractivity contribution is -0.111. The maximum Gasteiger partial charge on any atom is 0.221 e. The van der Waals surface area contributed by atoms with Gasteiger partial charge in [0.15, 0.2) is 0 Å². The van der Waals surface area contributed by atoms with Crippen molar-refractivity contribution < 1.29 is 9.18 Å². The van der Waals surface area contributed by atoms with Gasteiger partial charge in [0.2, 0.25) is 5.24 Å². The predicted octanol–water partition coefficient (Wildman–Crippen LogP) is 2.83. The molecule has 13 heavy (non-hydrogen) atoms. The molecule has 0 radical (unpaired) electrons. The Morgan fingerprint density at radius 1 is 1.54 bits per heavy atom. The van der Waals surface area contributed by atoms with Gasteiger partial charge in [-0.25, -0.2) is 4.39 Å². The van der Waals surface area contributed by atoms with E-state index in [9.17, 15) is 9.18 Å². The van der Waals surface area contributed by atoms with E-state index < -0.39 is 5.24 Å². The van der Waals surface area contributed by atoms with E-state index in [2.05, 4.69) is 0 Å². The molecular formula is C10H10ClFO. The summed E-state index contributed by atoms with van der Waals surface area (Å²) in [6, 6.07) is 4.83. The molecule has 0 N–H and O–H groups in total. The zero-order valence-corrected chi connectivity index (χ0v) is 8.07. The molecular weight excluding hydrogens is 191 g/mol. The number of carbonyl (C=O) groups is 1. The van der Waals surface area contributed by atoms with E-state index in [0.29, 0.717) is 12.0 Å². The minimum Gasteiger partial charge on any atom is -0.281 e. The van der Waals surface area contributed by atoms with Crippen molar-refractivity contribution in [2.24, 2.45) is 0 Å². The molecule has 1 rings (SSSR count). The summed E-state index contributed by atoms with van der Waals surface area (Å²) in [7, 11) is 0. The Morgan fingerprint density at radius 3 is 2.85 bits per heavy atom. The highest BCUT2D eigenvalue weighted by Gasteiger charge is 2.04. The zero-order valence-electron chi connectivity index (χ0n) is 7.31. The number of hydrogen-bond donors (Lipinski definition) is 0. The fraction of sp³-hybridized carbons (Fsp3) is 0.300. The lowest BCUT2D eigenvalue weighted by Crippen LogP contribution is -1.95. The van der Waals surface area contributed by atoms with Crippen LogP contribution in [0.2, 0.25) is 0 Å². The molecule has 1 aromatic carbocycles. The Kier molecular flexibility index (Phi) is 3.43. The van der Waals surface area contributed by atoms with Gasteiger partial charge in [-0.3, -0.25) is 4.79 Å². The molecule has 0 spiro atoms. The van der Waals surface area contributed by atoms with E-state index in [4.69, 9.17) is 11.6 Å². The minimum atomic E-state index is -0.430. The molecule has 0 saturated carbocycles. The molecule has 0 bridgehead atoms. The van der Waals surface area contributed by atoms with Gasteiger partial charge in [0, 0.05) is 6.42 Å². The number of benzene rings is 1. The van der Waals surface area contributed by atoms with Gasteiger partial charge in [-0.2, -0.15) is 0 Å². The van der Waals surface area contributed by atoms with Crippen LogP contribution in [0.4, 0.5) is 4.39 Å². The predicted molar refractivity (Wildman–Crippen MR) is 50.3 cm³/mol. The maximum absolute atomic E-state index is 13.1. The fourth-order valence-electron chi connectivity index (χ4n) is 1.13. The van der Waals surface area contributed by atoms with Gasteiger partial charge in [0.05, 0.1) is 0 Å². The van der Waals surface area contributed by atoms with Crippen molar-refractivity contribution in [1.82, 2.24) is 0 Å². The second kappa shape index (κ2) is 4.38. The van der Waals surface area contributed by atoms with E-state index >= 15 is 0 Å². The highest BCUT2D eigenvalue weighted by atomic mass is 35.5. The molecule has 3 heteroatoms. The normalized spacial score (nSPS) is 10.1. The average Bonchev–Trinajstić information content (AvgIpc) is 2.06. The van der Waals surface area contributed by atoms with Crippen LogP contribution in [-0.4, -0.2) is 5.24 Å². The van der Waals surface area contributed by atoms with E-state index in [1.54, 1.807) is 12.1 Å². The van der Waals surface area contributed by atoms with Crippen LogP contribution in [0.15, 0.2) is 18.2 Å². The number of rotatable bonds is 3. The van der Waals surface area contributed by atoms with Crippen molar-refractivity contribution in [3.05, 3.63) is 35.1 Å². The molecule has 0 aromatic heterocycles. The first kappa shape index (κ1) is 10.2. The zero-order chi connectivity index (χ0) is 9.84. The largest absolute Gasteiger partial charge is 0.281 e. The third-order valence-corrected chi connectivity index (χ3v) is 1.98. The summed E-state index contributed by atoms with van der Waals surface area (Å²) >= 11 is 5.16. The summed E-state index contributed by atoms with van der Waals surface area (Å²) in [6.07, 6.45) is 0.553. The van der Waals surface area contributed by atoms with Gasteiger partial charge >= 0.3 is 0 Å². The van der Waals surface area contributed by atoms with Crippen LogP contribution in [0.1, 0.15) is 17.5 Å². The third-order valence-electron chi connectivity index (χ3n) is 1.79. The van der Waals surface area contributed by atoms with Gasteiger partial charge in [-0.1, -0.05) is 17.7 Å². The van der Waals surface area contributed by atoms with Crippen LogP contribution in [0.5, 0.6) is 0 Å². The number of halogens is 2. The molecule has 0 atom stereocenters. The van der Waals surface area contributed by atoms with Crippen LogP contribution >= 0.6 is 11.6 Å². The van der Waals surface area contributed by atoms with Crippen LogP contribution in [0.3, 0.4) is 0 Å². The van der Waals surface area contributed by atoms with Crippen molar-refractivity contribution in [3.63, 3.8) is 0 Å². The third kappa shape index (κ3) is 3.15. The molecule has 1 nitrogen and oxygen atoms in total. The summed E-state index contributed by atoms with van der Waals surface area (Å²) in [4.78, 5) is 10.5. The molecule has 70 valence electrons. The minimum absolute atomic E-state index is 0.182. The molecule has 0 heterocycles. The highest BCUT2D eigenvalue weighted by Crippen LogP contribution is 2.12. The summed E-state index contributed by atoms with van der Waals surface area (Å²) in [6.45, 7) is 1.88. The van der Waals surface area contributed by atoms with Crippen molar-refractivity contribution >= 4 is 16.8 Å². The standard InChI is InChI=1S/C10H10ClFO/c1-7-2-4-9(12)8(6-7)3-5-10(11)13/h2,4,6H,3,5H2,1H3. The van der Waals surface area contributed by atoms with Crippen molar-refractivity contribution in [2.75, 3.05) is 0 Å². The topological polar surface area (TPSA) is 17.1 Å². The SMILES string of the molecule is Cc1ccc(F)c(CCC(=O)Cl)c1. The molecule has 0 aliphatic rings. The number of aryl methyl sites for hydroxylation is 2. The first-order chi connectivity index (χ1) is 6.09. The summed E-state index contributed by atoms with van der Waals surface area (Å²) in [5.74, 6) is -0.275. The van der Waals surface area contributed by atoms with E-state index in [1.165, 1.54) is 6.07 Å². The van der Waals surface area contributed by atoms with Crippen LogP contribution in [0, 0.1) is 12.7 Å². The first-order valence-electron chi connectivity index (χ1n) is 4.03. The molecule has 1 aromatic rings. The lowest BCUT2D eigenvalue weighted by Gasteiger charge is -2.01. The van der Waals surface area contributed by atoms with Crippen LogP contribution in [-0.2, 0) is 11.2 Å². The van der Waals surface area contributed by atoms with Crippen molar-refractivity contribution in [2.45, 2.75) is 19.8 Å². The first-order valence-corrected chi connectivity index (χ1v) is 4.41. The molecule has 0 unspecified atom stereocenters. The van der Waals surface area contributed by atoms with E-state index in [1.807, 2.05) is 6.92 Å². The molecule has 0 amide bonds. The molecule has 0 saturated heterocycles. The second-order valence-corrected chi connectivity index (χ2v) is 3.37. The quantitative estimate of drug-likeness (QED) is 0.686. The molecule has 0 fully saturated rings. The second-order valence-electron chi connectivity index (χ2n) is 2.95. The van der Waals surface area contributed by atoms with Gasteiger partial charge in [-0.15, -0.1) is 0 Å². The molecule has 0 aliphatic carbocycles. The van der Waals surface area contributed by atoms with Gasteiger partial charge in [0.25, 0.3) is 0 Å². The summed E-state index contributed by atoms with van der Waals surface area (Å²) in [5.41, 5.74) is 1.53.